The highest BCUT2D eigenvalue weighted by Gasteiger charge is 2.14. The van der Waals surface area contributed by atoms with Crippen LogP contribution in [-0.2, 0) is 11.2 Å². The van der Waals surface area contributed by atoms with Gasteiger partial charge < -0.3 is 10.6 Å². The van der Waals surface area contributed by atoms with E-state index in [1.54, 1.807) is 6.07 Å². The number of aryl methyl sites for hydroxylation is 1. The van der Waals surface area contributed by atoms with E-state index in [2.05, 4.69) is 33.8 Å². The molecule has 0 saturated carbocycles. The first kappa shape index (κ1) is 16.9. The van der Waals surface area contributed by atoms with Crippen molar-refractivity contribution in [1.82, 2.24) is 10.2 Å². The Morgan fingerprint density at radius 3 is 2.26 bits per heavy atom. The molecule has 122 valence electrons. The molecule has 0 atom stereocenters. The molecule has 5 nitrogen and oxygen atoms in total. The third-order valence-electron chi connectivity index (χ3n) is 3.93. The van der Waals surface area contributed by atoms with Crippen molar-refractivity contribution in [1.29, 1.82) is 0 Å². The number of anilines is 3. The average Bonchev–Trinajstić information content (AvgIpc) is 2.58. The van der Waals surface area contributed by atoms with E-state index in [9.17, 15) is 4.79 Å². The van der Waals surface area contributed by atoms with Crippen LogP contribution in [-0.4, -0.2) is 16.1 Å². The van der Waals surface area contributed by atoms with Gasteiger partial charge in [-0.05, 0) is 43.0 Å². The van der Waals surface area contributed by atoms with Crippen LogP contribution in [0.4, 0.5) is 17.3 Å². The predicted molar refractivity (Wildman–Crippen MR) is 93.8 cm³/mol. The van der Waals surface area contributed by atoms with Crippen LogP contribution in [0.25, 0.3) is 0 Å². The van der Waals surface area contributed by atoms with Crippen LogP contribution in [0.1, 0.15) is 39.2 Å². The van der Waals surface area contributed by atoms with Crippen LogP contribution >= 0.6 is 0 Å². The van der Waals surface area contributed by atoms with Crippen LogP contribution in [0.15, 0.2) is 36.4 Å². The van der Waals surface area contributed by atoms with Gasteiger partial charge in [0.25, 0.3) is 0 Å². The van der Waals surface area contributed by atoms with Gasteiger partial charge in [-0.25, -0.2) is 0 Å². The molecule has 0 unspecified atom stereocenters. The minimum absolute atomic E-state index is 0.00124. The molecule has 0 bridgehead atoms. The molecule has 0 saturated heterocycles. The second kappa shape index (κ2) is 8.27. The number of rotatable bonds is 7. The molecule has 2 aromatic rings. The maximum Gasteiger partial charge on any atom is 0.228 e. The van der Waals surface area contributed by atoms with Crippen molar-refractivity contribution in [2.75, 3.05) is 10.6 Å². The minimum atomic E-state index is 0.00124. The van der Waals surface area contributed by atoms with E-state index in [-0.39, 0.29) is 11.8 Å². The first-order chi connectivity index (χ1) is 11.2. The highest BCUT2D eigenvalue weighted by Crippen LogP contribution is 2.20. The van der Waals surface area contributed by atoms with Crippen LogP contribution in [0.2, 0.25) is 0 Å². The first-order valence-corrected chi connectivity index (χ1v) is 8.17. The normalized spacial score (nSPS) is 10.6. The SMILES string of the molecule is CCc1ccccc1Nc1ccc(NC(=O)C(CC)CC)nn1. The first-order valence-electron chi connectivity index (χ1n) is 8.17. The Balaban J connectivity index is 2.03. The molecular weight excluding hydrogens is 288 g/mol. The van der Waals surface area contributed by atoms with Gasteiger partial charge >= 0.3 is 0 Å². The highest BCUT2D eigenvalue weighted by atomic mass is 16.1. The van der Waals surface area contributed by atoms with Crippen molar-refractivity contribution in [3.8, 4) is 0 Å². The van der Waals surface area contributed by atoms with E-state index in [4.69, 9.17) is 0 Å². The summed E-state index contributed by atoms with van der Waals surface area (Å²) >= 11 is 0. The largest absolute Gasteiger partial charge is 0.339 e. The lowest BCUT2D eigenvalue weighted by atomic mass is 10.0. The van der Waals surface area contributed by atoms with Crippen LogP contribution in [0.5, 0.6) is 0 Å². The van der Waals surface area contributed by atoms with Gasteiger partial charge in [-0.15, -0.1) is 10.2 Å². The van der Waals surface area contributed by atoms with Crippen molar-refractivity contribution >= 4 is 23.2 Å². The van der Waals surface area contributed by atoms with Crippen LogP contribution in [0, 0.1) is 5.92 Å². The third kappa shape index (κ3) is 4.52. The van der Waals surface area contributed by atoms with Crippen molar-refractivity contribution in [3.05, 3.63) is 42.0 Å². The fourth-order valence-electron chi connectivity index (χ4n) is 2.44. The Hall–Kier alpha value is -2.43. The van der Waals surface area contributed by atoms with E-state index in [1.807, 2.05) is 38.1 Å². The molecule has 2 rings (SSSR count). The lowest BCUT2D eigenvalue weighted by Gasteiger charge is -2.12. The number of para-hydroxylation sites is 1. The van der Waals surface area contributed by atoms with Gasteiger partial charge in [0.05, 0.1) is 0 Å². The average molecular weight is 312 g/mol. The summed E-state index contributed by atoms with van der Waals surface area (Å²) in [6.07, 6.45) is 2.59. The zero-order valence-electron chi connectivity index (χ0n) is 14.0. The number of hydrogen-bond donors (Lipinski definition) is 2. The van der Waals surface area contributed by atoms with E-state index >= 15 is 0 Å². The van der Waals surface area contributed by atoms with Gasteiger partial charge in [0.15, 0.2) is 11.6 Å². The predicted octanol–water partition coefficient (Wildman–Crippen LogP) is 4.16. The van der Waals surface area contributed by atoms with Crippen LogP contribution in [0.3, 0.4) is 0 Å². The van der Waals surface area contributed by atoms with E-state index in [0.717, 1.165) is 24.9 Å². The molecule has 1 aromatic carbocycles. The molecule has 0 spiro atoms. The van der Waals surface area contributed by atoms with E-state index in [1.165, 1.54) is 5.56 Å². The summed E-state index contributed by atoms with van der Waals surface area (Å²) in [5, 5.41) is 14.3. The summed E-state index contributed by atoms with van der Waals surface area (Å²) in [7, 11) is 0. The van der Waals surface area contributed by atoms with E-state index < -0.39 is 0 Å². The fraction of sp³-hybridized carbons (Fsp3) is 0.389. The molecule has 1 aromatic heterocycles. The highest BCUT2D eigenvalue weighted by molar-refractivity contribution is 5.91. The van der Waals surface area contributed by atoms with E-state index in [0.29, 0.717) is 11.6 Å². The monoisotopic (exact) mass is 312 g/mol. The lowest BCUT2D eigenvalue weighted by molar-refractivity contribution is -0.120. The fourth-order valence-corrected chi connectivity index (χ4v) is 2.44. The number of carbonyl (C=O) groups is 1. The second-order valence-corrected chi connectivity index (χ2v) is 5.44. The summed E-state index contributed by atoms with van der Waals surface area (Å²) in [6.45, 7) is 6.14. The third-order valence-corrected chi connectivity index (χ3v) is 3.93. The number of carbonyl (C=O) groups excluding carboxylic acids is 1. The Kier molecular flexibility index (Phi) is 6.09. The van der Waals surface area contributed by atoms with Gasteiger partial charge in [-0.3, -0.25) is 4.79 Å². The maximum absolute atomic E-state index is 12.0. The standard InChI is InChI=1S/C18H24N4O/c1-4-13(5-2)18(23)20-17-12-11-16(21-22-17)19-15-10-8-7-9-14(15)6-3/h7-13H,4-6H2,1-3H3,(H,19,21)(H,20,22,23). The zero-order chi connectivity index (χ0) is 16.7. The summed E-state index contributed by atoms with van der Waals surface area (Å²) < 4.78 is 0. The smallest absolute Gasteiger partial charge is 0.228 e. The van der Waals surface area contributed by atoms with Crippen molar-refractivity contribution in [3.63, 3.8) is 0 Å². The second-order valence-electron chi connectivity index (χ2n) is 5.44. The maximum atomic E-state index is 12.0. The molecule has 0 aliphatic heterocycles. The number of hydrogen-bond acceptors (Lipinski definition) is 4. The number of benzene rings is 1. The quantitative estimate of drug-likeness (QED) is 0.805. The van der Waals surface area contributed by atoms with Crippen LogP contribution < -0.4 is 10.6 Å². The summed E-state index contributed by atoms with van der Waals surface area (Å²) in [4.78, 5) is 12.0. The summed E-state index contributed by atoms with van der Waals surface area (Å²) in [6, 6.07) is 11.7. The van der Waals surface area contributed by atoms with Crippen molar-refractivity contribution in [2.24, 2.45) is 5.92 Å². The summed E-state index contributed by atoms with van der Waals surface area (Å²) in [5.74, 6) is 1.16. The van der Waals surface area contributed by atoms with Gasteiger partial charge in [0, 0.05) is 11.6 Å². The Morgan fingerprint density at radius 1 is 1.00 bits per heavy atom. The van der Waals surface area contributed by atoms with Gasteiger partial charge in [-0.1, -0.05) is 39.0 Å². The number of nitrogens with zero attached hydrogens (tertiary/aromatic N) is 2. The Labute approximate surface area is 137 Å². The lowest BCUT2D eigenvalue weighted by Crippen LogP contribution is -2.22. The minimum Gasteiger partial charge on any atom is -0.339 e. The molecule has 1 amide bonds. The molecule has 0 aliphatic carbocycles. The van der Waals surface area contributed by atoms with Gasteiger partial charge in [0.1, 0.15) is 0 Å². The Morgan fingerprint density at radius 2 is 1.65 bits per heavy atom. The topological polar surface area (TPSA) is 66.9 Å². The zero-order valence-corrected chi connectivity index (χ0v) is 14.0. The Bertz CT molecular complexity index is 636. The summed E-state index contributed by atoms with van der Waals surface area (Å²) in [5.41, 5.74) is 2.25. The number of aromatic nitrogens is 2. The molecule has 0 radical (unpaired) electrons. The molecule has 1 heterocycles. The number of nitrogens with one attached hydrogen (secondary N) is 2. The van der Waals surface area contributed by atoms with Gasteiger partial charge in [-0.2, -0.15) is 0 Å². The van der Waals surface area contributed by atoms with Crippen molar-refractivity contribution in [2.45, 2.75) is 40.0 Å². The number of amides is 1. The molecule has 0 fully saturated rings. The van der Waals surface area contributed by atoms with Crippen molar-refractivity contribution < 1.29 is 4.79 Å². The molecule has 2 N–H and O–H groups in total. The molecule has 23 heavy (non-hydrogen) atoms. The molecule has 0 aliphatic rings. The molecular formula is C18H24N4O. The van der Waals surface area contributed by atoms with Gasteiger partial charge in [0.2, 0.25) is 5.91 Å². The molecule has 5 heteroatoms.